The third-order valence-electron chi connectivity index (χ3n) is 2.29. The second-order valence-electron chi connectivity index (χ2n) is 3.74. The minimum Gasteiger partial charge on any atom is -0.478 e. The number of carbonyl (C=O) groups excluding carboxylic acids is 1. The summed E-state index contributed by atoms with van der Waals surface area (Å²) in [6.45, 7) is 3.50. The molecule has 5 nitrogen and oxygen atoms in total. The van der Waals surface area contributed by atoms with Crippen molar-refractivity contribution in [3.63, 3.8) is 0 Å². The molecule has 102 valence electrons. The van der Waals surface area contributed by atoms with Crippen LogP contribution in [0.15, 0.2) is 33.7 Å². The molecule has 0 heterocycles. The van der Waals surface area contributed by atoms with Crippen LogP contribution >= 0.6 is 31.9 Å². The van der Waals surface area contributed by atoms with E-state index in [9.17, 15) is 9.59 Å². The maximum absolute atomic E-state index is 11.8. The van der Waals surface area contributed by atoms with Crippen LogP contribution in [0.25, 0.3) is 0 Å². The van der Waals surface area contributed by atoms with E-state index in [1.54, 1.807) is 6.07 Å². The molecule has 4 N–H and O–H groups in total. The van der Waals surface area contributed by atoms with Crippen molar-refractivity contribution in [3.05, 3.63) is 39.3 Å². The van der Waals surface area contributed by atoms with Gasteiger partial charge < -0.3 is 16.2 Å². The molecule has 0 aliphatic heterocycles. The topological polar surface area (TPSA) is 92.4 Å². The predicted molar refractivity (Wildman–Crippen MR) is 80.2 cm³/mol. The van der Waals surface area contributed by atoms with E-state index in [2.05, 4.69) is 43.8 Å². The smallest absolute Gasteiger partial charge is 0.337 e. The van der Waals surface area contributed by atoms with Gasteiger partial charge in [0.05, 0.1) is 17.3 Å². The van der Waals surface area contributed by atoms with Crippen molar-refractivity contribution in [3.8, 4) is 0 Å². The number of rotatable bonds is 5. The summed E-state index contributed by atoms with van der Waals surface area (Å²) in [5.74, 6) is -1.61. The van der Waals surface area contributed by atoms with Crippen molar-refractivity contribution >= 4 is 49.4 Å². The first-order chi connectivity index (χ1) is 8.86. The molecule has 19 heavy (non-hydrogen) atoms. The van der Waals surface area contributed by atoms with Gasteiger partial charge in [-0.3, -0.25) is 4.79 Å². The van der Waals surface area contributed by atoms with Gasteiger partial charge in [0.1, 0.15) is 0 Å². The Labute approximate surface area is 127 Å². The second-order valence-corrected chi connectivity index (χ2v) is 5.51. The number of halogens is 2. The molecular formula is C12H12Br2N2O3. The molecular weight excluding hydrogens is 380 g/mol. The zero-order chi connectivity index (χ0) is 14.6. The molecule has 0 aliphatic carbocycles. The number of anilines is 1. The Bertz CT molecular complexity index is 532. The molecule has 1 rings (SSSR count). The zero-order valence-electron chi connectivity index (χ0n) is 9.82. The molecule has 0 radical (unpaired) electrons. The first-order valence-electron chi connectivity index (χ1n) is 5.26. The summed E-state index contributed by atoms with van der Waals surface area (Å²) in [5, 5.41) is 11.6. The van der Waals surface area contributed by atoms with Gasteiger partial charge in [0.25, 0.3) is 0 Å². The molecule has 1 atom stereocenters. The van der Waals surface area contributed by atoms with E-state index in [0.29, 0.717) is 15.4 Å². The second kappa shape index (κ2) is 6.83. The highest BCUT2D eigenvalue weighted by atomic mass is 79.9. The Morgan fingerprint density at radius 2 is 2.11 bits per heavy atom. The first-order valence-corrected chi connectivity index (χ1v) is 6.85. The normalized spacial score (nSPS) is 11.7. The summed E-state index contributed by atoms with van der Waals surface area (Å²) in [6, 6.07) is 2.28. The summed E-state index contributed by atoms with van der Waals surface area (Å²) in [7, 11) is 0. The minimum absolute atomic E-state index is 0.0274. The number of nitrogens with two attached hydrogens (primary N) is 1. The third-order valence-corrected chi connectivity index (χ3v) is 3.37. The summed E-state index contributed by atoms with van der Waals surface area (Å²) < 4.78 is 1.04. The Hall–Kier alpha value is -1.18. The first kappa shape index (κ1) is 15.9. The van der Waals surface area contributed by atoms with Crippen molar-refractivity contribution in [2.75, 3.05) is 5.32 Å². The Kier molecular flexibility index (Phi) is 5.71. The number of nitrogens with one attached hydrogen (secondary N) is 1. The highest BCUT2D eigenvalue weighted by Crippen LogP contribution is 2.31. The van der Waals surface area contributed by atoms with E-state index in [1.165, 1.54) is 12.1 Å². The van der Waals surface area contributed by atoms with Crippen molar-refractivity contribution in [2.24, 2.45) is 5.73 Å². The lowest BCUT2D eigenvalue weighted by Crippen LogP contribution is -2.35. The molecule has 0 aliphatic rings. The lowest BCUT2D eigenvalue weighted by atomic mass is 10.1. The van der Waals surface area contributed by atoms with Crippen LogP contribution in [0.5, 0.6) is 0 Å². The van der Waals surface area contributed by atoms with E-state index in [1.807, 2.05) is 0 Å². The van der Waals surface area contributed by atoms with Gasteiger partial charge in [-0.2, -0.15) is 0 Å². The molecule has 1 aromatic rings. The van der Waals surface area contributed by atoms with Crippen LogP contribution in [-0.2, 0) is 4.79 Å². The van der Waals surface area contributed by atoms with Gasteiger partial charge >= 0.3 is 5.97 Å². The van der Waals surface area contributed by atoms with Gasteiger partial charge in [-0.1, -0.05) is 22.0 Å². The fourth-order valence-electron chi connectivity index (χ4n) is 1.37. The van der Waals surface area contributed by atoms with E-state index >= 15 is 0 Å². The molecule has 1 unspecified atom stereocenters. The number of benzene rings is 1. The van der Waals surface area contributed by atoms with Crippen molar-refractivity contribution in [1.29, 1.82) is 0 Å². The average molecular weight is 392 g/mol. The largest absolute Gasteiger partial charge is 0.478 e. The van der Waals surface area contributed by atoms with Crippen LogP contribution in [-0.4, -0.2) is 23.0 Å². The molecule has 7 heteroatoms. The van der Waals surface area contributed by atoms with Crippen LogP contribution in [0.3, 0.4) is 0 Å². The molecule has 0 saturated heterocycles. The fraction of sp³-hybridized carbons (Fsp3) is 0.167. The zero-order valence-corrected chi connectivity index (χ0v) is 13.0. The molecule has 0 spiro atoms. The predicted octanol–water partition coefficient (Wildman–Crippen LogP) is 2.75. The number of carbonyl (C=O) groups is 2. The highest BCUT2D eigenvalue weighted by molar-refractivity contribution is 9.11. The van der Waals surface area contributed by atoms with Gasteiger partial charge in [-0.15, -0.1) is 6.58 Å². The van der Waals surface area contributed by atoms with Gasteiger partial charge in [0, 0.05) is 8.95 Å². The average Bonchev–Trinajstić information content (AvgIpc) is 2.32. The van der Waals surface area contributed by atoms with Crippen molar-refractivity contribution in [1.82, 2.24) is 0 Å². The molecule has 1 aromatic carbocycles. The standard InChI is InChI=1S/C12H12Br2N2O3/c1-2-3-9(15)11(17)16-10-7(12(18)19)4-6(13)5-8(10)14/h2,4-5,9H,1,3,15H2,(H,16,17)(H,18,19). The summed E-state index contributed by atoms with van der Waals surface area (Å²) in [6.07, 6.45) is 1.83. The van der Waals surface area contributed by atoms with Crippen LogP contribution < -0.4 is 11.1 Å². The quantitative estimate of drug-likeness (QED) is 0.673. The lowest BCUT2D eigenvalue weighted by molar-refractivity contribution is -0.117. The van der Waals surface area contributed by atoms with E-state index in [4.69, 9.17) is 10.8 Å². The van der Waals surface area contributed by atoms with Crippen molar-refractivity contribution < 1.29 is 14.7 Å². The fourth-order valence-corrected chi connectivity index (χ4v) is 2.70. The number of hydrogen-bond donors (Lipinski definition) is 3. The monoisotopic (exact) mass is 390 g/mol. The number of carboxylic acids is 1. The van der Waals surface area contributed by atoms with Gasteiger partial charge in [0.15, 0.2) is 0 Å². The summed E-state index contributed by atoms with van der Waals surface area (Å²) >= 11 is 6.41. The van der Waals surface area contributed by atoms with Crippen LogP contribution in [0.2, 0.25) is 0 Å². The minimum atomic E-state index is -1.14. The summed E-state index contributed by atoms with van der Waals surface area (Å²) in [5.41, 5.74) is 5.78. The lowest BCUT2D eigenvalue weighted by Gasteiger charge is -2.14. The van der Waals surface area contributed by atoms with Crippen LogP contribution in [0, 0.1) is 0 Å². The number of amides is 1. The van der Waals surface area contributed by atoms with Gasteiger partial charge in [0.2, 0.25) is 5.91 Å². The Morgan fingerprint density at radius 3 is 2.63 bits per heavy atom. The van der Waals surface area contributed by atoms with Crippen molar-refractivity contribution in [2.45, 2.75) is 12.5 Å². The summed E-state index contributed by atoms with van der Waals surface area (Å²) in [4.78, 5) is 23.0. The number of hydrogen-bond acceptors (Lipinski definition) is 3. The molecule has 0 aromatic heterocycles. The van der Waals surface area contributed by atoms with E-state index in [-0.39, 0.29) is 11.3 Å². The number of aromatic carboxylic acids is 1. The molecule has 0 fully saturated rings. The molecule has 1 amide bonds. The maximum Gasteiger partial charge on any atom is 0.337 e. The molecule has 0 saturated carbocycles. The Morgan fingerprint density at radius 1 is 1.47 bits per heavy atom. The Balaban J connectivity index is 3.10. The molecule has 0 bridgehead atoms. The highest BCUT2D eigenvalue weighted by Gasteiger charge is 2.19. The van der Waals surface area contributed by atoms with Gasteiger partial charge in [-0.25, -0.2) is 4.79 Å². The van der Waals surface area contributed by atoms with Crippen LogP contribution in [0.1, 0.15) is 16.8 Å². The van der Waals surface area contributed by atoms with Crippen LogP contribution in [0.4, 0.5) is 5.69 Å². The number of carboxylic acid groups (broad SMARTS) is 1. The SMILES string of the molecule is C=CCC(N)C(=O)Nc1c(Br)cc(Br)cc1C(=O)O. The third kappa shape index (κ3) is 4.15. The van der Waals surface area contributed by atoms with E-state index < -0.39 is 17.9 Å². The van der Waals surface area contributed by atoms with E-state index in [0.717, 1.165) is 0 Å². The maximum atomic E-state index is 11.8. The van der Waals surface area contributed by atoms with Gasteiger partial charge in [-0.05, 0) is 34.5 Å².